The van der Waals surface area contributed by atoms with Crippen LogP contribution in [0.4, 0.5) is 0 Å². The zero-order valence-corrected chi connectivity index (χ0v) is 10.5. The summed E-state index contributed by atoms with van der Waals surface area (Å²) in [5.41, 5.74) is -0.733. The quantitative estimate of drug-likeness (QED) is 0.722. The molecule has 0 saturated carbocycles. The molecule has 0 radical (unpaired) electrons. The van der Waals surface area contributed by atoms with Gasteiger partial charge in [0.1, 0.15) is 5.60 Å². The molecule has 0 aliphatic carbocycles. The van der Waals surface area contributed by atoms with Crippen LogP contribution >= 0.6 is 0 Å². The van der Waals surface area contributed by atoms with Crippen molar-refractivity contribution in [1.29, 1.82) is 0 Å². The normalized spacial score (nSPS) is 15.8. The lowest BCUT2D eigenvalue weighted by Crippen LogP contribution is -2.48. The molecule has 0 bridgehead atoms. The van der Waals surface area contributed by atoms with Gasteiger partial charge in [-0.3, -0.25) is 0 Å². The van der Waals surface area contributed by atoms with Crippen molar-refractivity contribution in [1.82, 2.24) is 0 Å². The molecule has 100 valence electrons. The number of rotatable bonds is 6. The summed E-state index contributed by atoms with van der Waals surface area (Å²) in [6, 6.07) is 9.40. The third-order valence-electron chi connectivity index (χ3n) is 2.52. The van der Waals surface area contributed by atoms with Crippen LogP contribution < -0.4 is 0 Å². The molecule has 18 heavy (non-hydrogen) atoms. The largest absolute Gasteiger partial charge is 0.467 e. The summed E-state index contributed by atoms with van der Waals surface area (Å²) in [6.07, 6.45) is -1.63. The van der Waals surface area contributed by atoms with E-state index in [1.165, 1.54) is 6.92 Å². The number of carbonyl (C=O) groups is 1. The van der Waals surface area contributed by atoms with Crippen LogP contribution in [0.2, 0.25) is 0 Å². The topological polar surface area (TPSA) is 76.0 Å². The van der Waals surface area contributed by atoms with Gasteiger partial charge in [-0.05, 0) is 12.5 Å². The summed E-state index contributed by atoms with van der Waals surface area (Å²) in [4.78, 5) is 11.1. The molecule has 0 fully saturated rings. The number of carbonyl (C=O) groups excluding carboxylic acids is 1. The van der Waals surface area contributed by atoms with Crippen LogP contribution in [0.25, 0.3) is 0 Å². The Labute approximate surface area is 106 Å². The second kappa shape index (κ2) is 6.49. The van der Waals surface area contributed by atoms with Crippen molar-refractivity contribution in [3.05, 3.63) is 35.9 Å². The van der Waals surface area contributed by atoms with E-state index in [1.807, 2.05) is 30.3 Å². The van der Waals surface area contributed by atoms with Gasteiger partial charge in [0.15, 0.2) is 6.10 Å². The molecule has 5 nitrogen and oxygen atoms in total. The van der Waals surface area contributed by atoms with Gasteiger partial charge in [-0.25, -0.2) is 4.79 Å². The first-order valence-corrected chi connectivity index (χ1v) is 5.57. The predicted molar refractivity (Wildman–Crippen MR) is 64.7 cm³/mol. The van der Waals surface area contributed by atoms with E-state index in [0.717, 1.165) is 12.7 Å². The zero-order valence-electron chi connectivity index (χ0n) is 10.5. The van der Waals surface area contributed by atoms with Gasteiger partial charge in [0.05, 0.1) is 20.3 Å². The van der Waals surface area contributed by atoms with Crippen molar-refractivity contribution < 1.29 is 24.5 Å². The standard InChI is InChI=1S/C13H18O5/c1-13(16,11(14)12(15)17-2)9-18-8-10-6-4-3-5-7-10/h3-7,11,14,16H,8-9H2,1-2H3/t11-,13-/m1/s1. The van der Waals surface area contributed by atoms with Gasteiger partial charge < -0.3 is 19.7 Å². The minimum absolute atomic E-state index is 0.168. The lowest BCUT2D eigenvalue weighted by Gasteiger charge is -2.26. The molecule has 0 saturated heterocycles. The molecule has 5 heteroatoms. The Morgan fingerprint density at radius 1 is 1.39 bits per heavy atom. The molecule has 0 aliphatic heterocycles. The highest BCUT2D eigenvalue weighted by Crippen LogP contribution is 2.13. The average molecular weight is 254 g/mol. The van der Waals surface area contributed by atoms with Crippen molar-refractivity contribution in [2.75, 3.05) is 13.7 Å². The maximum absolute atomic E-state index is 11.1. The van der Waals surface area contributed by atoms with Gasteiger partial charge in [0.25, 0.3) is 0 Å². The fourth-order valence-corrected chi connectivity index (χ4v) is 1.39. The highest BCUT2D eigenvalue weighted by atomic mass is 16.5. The van der Waals surface area contributed by atoms with E-state index in [0.29, 0.717) is 6.61 Å². The van der Waals surface area contributed by atoms with Gasteiger partial charge >= 0.3 is 5.97 Å². The first kappa shape index (κ1) is 14.6. The Morgan fingerprint density at radius 2 is 2.00 bits per heavy atom. The number of ether oxygens (including phenoxy) is 2. The predicted octanol–water partition coefficient (Wildman–Crippen LogP) is 0.488. The maximum Gasteiger partial charge on any atom is 0.337 e. The average Bonchev–Trinajstić information content (AvgIpc) is 2.38. The lowest BCUT2D eigenvalue weighted by molar-refractivity contribution is -0.172. The highest BCUT2D eigenvalue weighted by Gasteiger charge is 2.37. The van der Waals surface area contributed by atoms with Crippen LogP contribution in [0.3, 0.4) is 0 Å². The number of hydrogen-bond acceptors (Lipinski definition) is 5. The zero-order chi connectivity index (χ0) is 13.6. The number of hydrogen-bond donors (Lipinski definition) is 2. The molecule has 0 aliphatic rings. The minimum Gasteiger partial charge on any atom is -0.467 e. The van der Waals surface area contributed by atoms with Gasteiger partial charge in [0, 0.05) is 0 Å². The summed E-state index contributed by atoms with van der Waals surface area (Å²) >= 11 is 0. The fraction of sp³-hybridized carbons (Fsp3) is 0.462. The van der Waals surface area contributed by atoms with Crippen LogP contribution in [0, 0.1) is 0 Å². The summed E-state index contributed by atoms with van der Waals surface area (Å²) < 4.78 is 9.64. The summed E-state index contributed by atoms with van der Waals surface area (Å²) in [7, 11) is 1.15. The third-order valence-corrected chi connectivity index (χ3v) is 2.52. The molecule has 1 rings (SSSR count). The van der Waals surface area contributed by atoms with E-state index in [1.54, 1.807) is 0 Å². The van der Waals surface area contributed by atoms with Gasteiger partial charge in [-0.1, -0.05) is 30.3 Å². The van der Waals surface area contributed by atoms with Crippen LogP contribution in [-0.4, -0.2) is 41.6 Å². The van der Waals surface area contributed by atoms with E-state index in [2.05, 4.69) is 4.74 Å². The number of methoxy groups -OCH3 is 1. The molecule has 2 atom stereocenters. The van der Waals surface area contributed by atoms with Crippen LogP contribution in [-0.2, 0) is 20.9 Å². The Hall–Kier alpha value is -1.43. The van der Waals surface area contributed by atoms with E-state index in [4.69, 9.17) is 4.74 Å². The van der Waals surface area contributed by atoms with E-state index in [9.17, 15) is 15.0 Å². The van der Waals surface area contributed by atoms with Crippen molar-refractivity contribution in [3.8, 4) is 0 Å². The first-order valence-electron chi connectivity index (χ1n) is 5.57. The highest BCUT2D eigenvalue weighted by molar-refractivity contribution is 5.75. The van der Waals surface area contributed by atoms with Gasteiger partial charge in [-0.15, -0.1) is 0 Å². The molecule has 0 aromatic heterocycles. The Morgan fingerprint density at radius 3 is 2.56 bits per heavy atom. The SMILES string of the molecule is COC(=O)[C@@H](O)[C@](C)(O)COCc1ccccc1. The molecule has 2 N–H and O–H groups in total. The Bertz CT molecular complexity index is 374. The fourth-order valence-electron chi connectivity index (χ4n) is 1.39. The lowest BCUT2D eigenvalue weighted by atomic mass is 10.0. The number of aliphatic hydroxyl groups is 2. The third kappa shape index (κ3) is 4.10. The minimum atomic E-state index is -1.68. The second-order valence-electron chi connectivity index (χ2n) is 4.26. The molecule has 0 unspecified atom stereocenters. The summed E-state index contributed by atoms with van der Waals surface area (Å²) in [5.74, 6) is -0.886. The molecule has 1 aromatic rings. The van der Waals surface area contributed by atoms with Crippen LogP contribution in [0.5, 0.6) is 0 Å². The first-order chi connectivity index (χ1) is 8.47. The van der Waals surface area contributed by atoms with Gasteiger partial charge in [-0.2, -0.15) is 0 Å². The van der Waals surface area contributed by atoms with Crippen molar-refractivity contribution in [2.45, 2.75) is 25.2 Å². The molecule has 0 amide bonds. The smallest absolute Gasteiger partial charge is 0.337 e. The molecule has 1 aromatic carbocycles. The van der Waals surface area contributed by atoms with Crippen LogP contribution in [0.1, 0.15) is 12.5 Å². The number of esters is 1. The summed E-state index contributed by atoms with van der Waals surface area (Å²) in [6.45, 7) is 1.45. The van der Waals surface area contributed by atoms with Crippen LogP contribution in [0.15, 0.2) is 30.3 Å². The van der Waals surface area contributed by atoms with Gasteiger partial charge in [0.2, 0.25) is 0 Å². The summed E-state index contributed by atoms with van der Waals surface area (Å²) in [5, 5.41) is 19.4. The maximum atomic E-state index is 11.1. The molecule has 0 spiro atoms. The van der Waals surface area contributed by atoms with E-state index >= 15 is 0 Å². The molecular formula is C13H18O5. The van der Waals surface area contributed by atoms with E-state index < -0.39 is 17.7 Å². The number of benzene rings is 1. The van der Waals surface area contributed by atoms with Crippen molar-refractivity contribution >= 4 is 5.97 Å². The number of aliphatic hydroxyl groups excluding tert-OH is 1. The van der Waals surface area contributed by atoms with Crippen molar-refractivity contribution in [3.63, 3.8) is 0 Å². The second-order valence-corrected chi connectivity index (χ2v) is 4.26. The Balaban J connectivity index is 2.44. The molecular weight excluding hydrogens is 236 g/mol. The molecule has 0 heterocycles. The Kier molecular flexibility index (Phi) is 5.27. The van der Waals surface area contributed by atoms with Crippen molar-refractivity contribution in [2.24, 2.45) is 0 Å². The monoisotopic (exact) mass is 254 g/mol. The van der Waals surface area contributed by atoms with E-state index in [-0.39, 0.29) is 6.61 Å².